The molecule has 0 saturated heterocycles. The van der Waals surface area contributed by atoms with Gasteiger partial charge in [-0.15, -0.1) is 0 Å². The number of halogens is 1. The van der Waals surface area contributed by atoms with Gasteiger partial charge in [-0.1, -0.05) is 11.6 Å². The molecule has 1 aliphatic rings. The summed E-state index contributed by atoms with van der Waals surface area (Å²) >= 11 is 6.02. The van der Waals surface area contributed by atoms with Gasteiger partial charge >= 0.3 is 35.6 Å². The van der Waals surface area contributed by atoms with Gasteiger partial charge in [0.2, 0.25) is 0 Å². The van der Waals surface area contributed by atoms with Gasteiger partial charge < -0.3 is 15.4 Å². The Labute approximate surface area is 165 Å². The van der Waals surface area contributed by atoms with Crippen LogP contribution in [0.1, 0.15) is 17.3 Å². The molecule has 1 aromatic carbocycles. The van der Waals surface area contributed by atoms with E-state index in [0.29, 0.717) is 5.56 Å². The van der Waals surface area contributed by atoms with Crippen molar-refractivity contribution in [2.75, 3.05) is 0 Å². The Kier molecular flexibility index (Phi) is 7.26. The molecule has 2 atom stereocenters. The number of amides is 2. The predicted octanol–water partition coefficient (Wildman–Crippen LogP) is 0.595. The zero-order chi connectivity index (χ0) is 17.2. The molecule has 0 fully saturated rings. The number of urea groups is 1. The topological polar surface area (TPSA) is 122 Å². The van der Waals surface area contributed by atoms with Gasteiger partial charge in [-0.05, 0) is 31.2 Å². The average Bonchev–Trinajstić information content (AvgIpc) is 2.46. The molecule has 0 bridgehead atoms. The van der Waals surface area contributed by atoms with Crippen molar-refractivity contribution in [3.8, 4) is 5.75 Å². The number of carbonyl (C=O) groups is 2. The minimum absolute atomic E-state index is 0. The van der Waals surface area contributed by atoms with Crippen LogP contribution in [0.5, 0.6) is 5.75 Å². The van der Waals surface area contributed by atoms with Gasteiger partial charge in [-0.2, -0.15) is 8.42 Å². The van der Waals surface area contributed by atoms with E-state index in [1.54, 1.807) is 0 Å². The fourth-order valence-electron chi connectivity index (χ4n) is 1.86. The molecule has 0 saturated carbocycles. The Bertz CT molecular complexity index is 765. The summed E-state index contributed by atoms with van der Waals surface area (Å²) in [5.74, 6) is 0.161. The number of ketones is 1. The first-order valence-corrected chi connectivity index (χ1v) is 8.27. The number of rotatable bonds is 5. The van der Waals surface area contributed by atoms with Crippen molar-refractivity contribution in [2.24, 2.45) is 0 Å². The van der Waals surface area contributed by atoms with Gasteiger partial charge in [0.1, 0.15) is 5.75 Å². The fraction of sp³-hybridized carbons (Fsp3) is 0.231. The van der Waals surface area contributed by atoms with E-state index in [-0.39, 0.29) is 46.7 Å². The number of benzene rings is 1. The van der Waals surface area contributed by atoms with E-state index in [0.717, 1.165) is 6.20 Å². The molecule has 2 unspecified atom stereocenters. The van der Waals surface area contributed by atoms with Gasteiger partial charge in [-0.3, -0.25) is 9.35 Å². The summed E-state index contributed by atoms with van der Waals surface area (Å²) in [6, 6.07) is 5.23. The summed E-state index contributed by atoms with van der Waals surface area (Å²) in [4.78, 5) is 22.4. The summed E-state index contributed by atoms with van der Waals surface area (Å²) in [6.45, 7) is 1.41. The van der Waals surface area contributed by atoms with E-state index in [2.05, 4.69) is 5.32 Å². The molecule has 126 valence electrons. The average molecular weight is 385 g/mol. The van der Waals surface area contributed by atoms with Crippen LogP contribution in [0.3, 0.4) is 0 Å². The molecule has 0 radical (unpaired) electrons. The van der Waals surface area contributed by atoms with Crippen LogP contribution in [0.2, 0.25) is 0 Å². The molecular formula is C13H14ClN2NaO6S. The SMILES string of the molecule is CC(=O)c1ccc(OC(Cl)C2=CNC(=O)NC2S(=O)(=O)O)cc1.[NaH]. The zero-order valence-corrected chi connectivity index (χ0v) is 13.4. The van der Waals surface area contributed by atoms with Gasteiger partial charge in [0, 0.05) is 17.3 Å². The normalized spacial score (nSPS) is 18.4. The first-order chi connectivity index (χ1) is 10.7. The van der Waals surface area contributed by atoms with Crippen LogP contribution in [0.25, 0.3) is 0 Å². The van der Waals surface area contributed by atoms with Crippen LogP contribution < -0.4 is 15.4 Å². The van der Waals surface area contributed by atoms with Gasteiger partial charge in [0.15, 0.2) is 16.7 Å². The van der Waals surface area contributed by atoms with Gasteiger partial charge in [-0.25, -0.2) is 4.79 Å². The number of carbonyl (C=O) groups excluding carboxylic acids is 2. The molecule has 3 N–H and O–H groups in total. The Balaban J connectivity index is 0.00000288. The van der Waals surface area contributed by atoms with Crippen LogP contribution in [-0.2, 0) is 10.1 Å². The quantitative estimate of drug-likeness (QED) is 0.296. The van der Waals surface area contributed by atoms with Crippen molar-refractivity contribution in [1.29, 1.82) is 0 Å². The van der Waals surface area contributed by atoms with E-state index in [1.807, 2.05) is 5.32 Å². The van der Waals surface area contributed by atoms with E-state index < -0.39 is 27.1 Å². The van der Waals surface area contributed by atoms with Crippen LogP contribution in [0.15, 0.2) is 36.0 Å². The number of Topliss-reactive ketones (excluding diaryl/α,β-unsaturated/α-hetero) is 1. The number of ether oxygens (including phenoxy) is 1. The molecule has 11 heteroatoms. The second kappa shape index (κ2) is 8.32. The van der Waals surface area contributed by atoms with E-state index in [9.17, 15) is 22.6 Å². The Morgan fingerprint density at radius 2 is 1.92 bits per heavy atom. The first kappa shape index (κ1) is 20.9. The zero-order valence-electron chi connectivity index (χ0n) is 11.8. The molecular weight excluding hydrogens is 371 g/mol. The van der Waals surface area contributed by atoms with Crippen LogP contribution >= 0.6 is 11.6 Å². The van der Waals surface area contributed by atoms with Crippen molar-refractivity contribution in [2.45, 2.75) is 17.9 Å². The van der Waals surface area contributed by atoms with Crippen LogP contribution in [-0.4, -0.2) is 65.3 Å². The third-order valence-corrected chi connectivity index (χ3v) is 4.32. The maximum atomic E-state index is 11.3. The molecule has 2 rings (SSSR count). The molecule has 8 nitrogen and oxygen atoms in total. The number of hydrogen-bond donors (Lipinski definition) is 3. The van der Waals surface area contributed by atoms with Crippen molar-refractivity contribution < 1.29 is 27.3 Å². The molecule has 0 aliphatic carbocycles. The van der Waals surface area contributed by atoms with Crippen molar-refractivity contribution in [3.05, 3.63) is 41.6 Å². The molecule has 1 aromatic rings. The maximum absolute atomic E-state index is 11.3. The fourth-order valence-corrected chi connectivity index (χ4v) is 3.01. The monoisotopic (exact) mass is 384 g/mol. The minimum atomic E-state index is -4.61. The van der Waals surface area contributed by atoms with Crippen molar-refractivity contribution in [1.82, 2.24) is 10.6 Å². The number of alkyl halides is 1. The second-order valence-corrected chi connectivity index (χ2v) is 6.57. The number of hydrogen-bond acceptors (Lipinski definition) is 5. The summed E-state index contributed by atoms with van der Waals surface area (Å²) in [5, 5.41) is 2.55. The van der Waals surface area contributed by atoms with Crippen molar-refractivity contribution in [3.63, 3.8) is 0 Å². The Morgan fingerprint density at radius 1 is 1.33 bits per heavy atom. The summed E-state index contributed by atoms with van der Waals surface area (Å²) < 4.78 is 37.2. The van der Waals surface area contributed by atoms with E-state index in [1.165, 1.54) is 31.2 Å². The molecule has 1 aliphatic heterocycles. The van der Waals surface area contributed by atoms with Gasteiger partial charge in [0.05, 0.1) is 0 Å². The van der Waals surface area contributed by atoms with E-state index >= 15 is 0 Å². The summed E-state index contributed by atoms with van der Waals surface area (Å²) in [5.41, 5.74) is -0.896. The number of nitrogens with one attached hydrogen (secondary N) is 2. The van der Waals surface area contributed by atoms with Crippen LogP contribution in [0.4, 0.5) is 4.79 Å². The molecule has 24 heavy (non-hydrogen) atoms. The Hall–Kier alpha value is -1.10. The standard InChI is InChI=1S/C13H13ClN2O6S.Na.H/c1-7(17)8-2-4-9(5-3-8)22-11(14)10-6-15-13(18)16-12(10)23(19,20)21;;/h2-6,11-12H,1H3,(H2,15,16,18)(H,19,20,21);;. The third kappa shape index (κ3) is 5.20. The molecule has 2 amide bonds. The second-order valence-electron chi connectivity index (χ2n) is 4.67. The van der Waals surface area contributed by atoms with E-state index in [4.69, 9.17) is 16.3 Å². The molecule has 1 heterocycles. The van der Waals surface area contributed by atoms with Crippen LogP contribution in [0, 0.1) is 0 Å². The molecule has 0 aromatic heterocycles. The molecule has 0 spiro atoms. The Morgan fingerprint density at radius 3 is 2.42 bits per heavy atom. The first-order valence-electron chi connectivity index (χ1n) is 6.33. The van der Waals surface area contributed by atoms with Gasteiger partial charge in [0.25, 0.3) is 10.1 Å². The third-order valence-electron chi connectivity index (χ3n) is 3.00. The van der Waals surface area contributed by atoms with Crippen molar-refractivity contribution >= 4 is 63.1 Å². The summed E-state index contributed by atoms with van der Waals surface area (Å²) in [7, 11) is -4.61. The predicted molar refractivity (Wildman–Crippen MR) is 89.0 cm³/mol. The summed E-state index contributed by atoms with van der Waals surface area (Å²) in [6.07, 6.45) is 1.05.